The first-order chi connectivity index (χ1) is 22.0. The van der Waals surface area contributed by atoms with E-state index in [-0.39, 0.29) is 11.5 Å². The van der Waals surface area contributed by atoms with Gasteiger partial charge < -0.3 is 14.5 Å². The highest BCUT2D eigenvalue weighted by Crippen LogP contribution is 2.34. The Balaban J connectivity index is 1.10. The average Bonchev–Trinajstić information content (AvgIpc) is 3.05. The minimum absolute atomic E-state index is 0.183. The predicted molar refractivity (Wildman–Crippen MR) is 184 cm³/mol. The molecule has 0 bridgehead atoms. The molecule has 0 amide bonds. The first-order valence-corrected chi connectivity index (χ1v) is 19.9. The van der Waals surface area contributed by atoms with E-state index in [1.54, 1.807) is 16.2 Å². The van der Waals surface area contributed by atoms with Crippen molar-refractivity contribution in [1.82, 2.24) is 4.98 Å². The maximum atomic E-state index is 14.5. The molecule has 4 aromatic rings. The maximum absolute atomic E-state index is 14.5. The number of aromatic nitrogens is 2. The smallest absolute Gasteiger partial charge is 0.265 e. The summed E-state index contributed by atoms with van der Waals surface area (Å²) in [6, 6.07) is 15.0. The van der Waals surface area contributed by atoms with E-state index >= 15 is 0 Å². The van der Waals surface area contributed by atoms with Crippen LogP contribution >= 0.6 is 0 Å². The van der Waals surface area contributed by atoms with Gasteiger partial charge in [-0.25, -0.2) is 4.39 Å². The highest BCUT2D eigenvalue weighted by atomic mass is 32.2. The van der Waals surface area contributed by atoms with E-state index in [1.807, 2.05) is 36.5 Å². The first-order valence-electron chi connectivity index (χ1n) is 16.1. The van der Waals surface area contributed by atoms with Crippen molar-refractivity contribution in [1.29, 1.82) is 9.56 Å². The van der Waals surface area contributed by atoms with Gasteiger partial charge in [0.15, 0.2) is 17.8 Å². The quantitative estimate of drug-likeness (QED) is 0.194. The summed E-state index contributed by atoms with van der Waals surface area (Å²) in [5.41, 5.74) is 3.56. The second kappa shape index (κ2) is 13.3. The Kier molecular flexibility index (Phi) is 9.38. The fourth-order valence-electron chi connectivity index (χ4n) is 7.03. The van der Waals surface area contributed by atoms with E-state index in [9.17, 15) is 12.8 Å². The van der Waals surface area contributed by atoms with Gasteiger partial charge in [-0.1, -0.05) is 12.1 Å². The number of hydrogen-bond acceptors (Lipinski definition) is 8. The summed E-state index contributed by atoms with van der Waals surface area (Å²) in [5.74, 6) is 1.37. The molecule has 4 heterocycles. The minimum Gasteiger partial charge on any atom is -0.494 e. The van der Waals surface area contributed by atoms with E-state index in [1.165, 1.54) is 19.4 Å². The van der Waals surface area contributed by atoms with Crippen LogP contribution in [-0.2, 0) is 19.6 Å². The van der Waals surface area contributed by atoms with Crippen LogP contribution in [0.2, 0.25) is 0 Å². The van der Waals surface area contributed by atoms with Crippen LogP contribution in [0.25, 0.3) is 21.8 Å². The van der Waals surface area contributed by atoms with Crippen molar-refractivity contribution in [3.63, 3.8) is 0 Å². The van der Waals surface area contributed by atoms with Crippen LogP contribution in [0, 0.1) is 27.2 Å². The van der Waals surface area contributed by atoms with Crippen LogP contribution in [0.4, 0.5) is 15.8 Å². The number of hydrogen-bond donors (Lipinski definition) is 2. The van der Waals surface area contributed by atoms with E-state index in [2.05, 4.69) is 20.9 Å². The zero-order valence-electron chi connectivity index (χ0n) is 26.6. The molecule has 6 rings (SSSR count). The van der Waals surface area contributed by atoms with Crippen molar-refractivity contribution in [3.05, 3.63) is 66.7 Å². The number of methoxy groups -OCH3 is 1. The lowest BCUT2D eigenvalue weighted by atomic mass is 9.94. The first kappa shape index (κ1) is 32.4. The number of rotatable bonds is 10. The number of fused-ring (bicyclic) bond motifs is 2. The highest BCUT2D eigenvalue weighted by molar-refractivity contribution is 7.91. The number of ether oxygens (including phenoxy) is 1. The molecule has 0 radical (unpaired) electrons. The molecule has 2 aliphatic rings. The molecular formula is C34H44FN6O3S2+. The Bertz CT molecular complexity index is 1940. The van der Waals surface area contributed by atoms with Crippen molar-refractivity contribution in [3.8, 4) is 5.75 Å². The van der Waals surface area contributed by atoms with E-state index in [0.29, 0.717) is 29.5 Å². The molecule has 2 fully saturated rings. The molecule has 46 heavy (non-hydrogen) atoms. The number of nitrogens with one attached hydrogen (secondary N) is 2. The largest absolute Gasteiger partial charge is 0.494 e. The molecule has 2 aliphatic heterocycles. The molecule has 2 atom stereocenters. The predicted octanol–water partition coefficient (Wildman–Crippen LogP) is 6.22. The topological polar surface area (TPSA) is 114 Å². The minimum atomic E-state index is -3.09. The number of nitrogens with zero attached hydrogens (tertiary/aromatic N) is 4. The number of anilines is 2. The van der Waals surface area contributed by atoms with Crippen LogP contribution in [0.1, 0.15) is 38.5 Å². The van der Waals surface area contributed by atoms with Crippen LogP contribution in [0.3, 0.4) is 0 Å². The number of benzene rings is 2. The van der Waals surface area contributed by atoms with E-state index in [0.717, 1.165) is 85.9 Å². The van der Waals surface area contributed by atoms with Crippen molar-refractivity contribution in [2.45, 2.75) is 38.5 Å². The molecule has 0 spiro atoms. The summed E-state index contributed by atoms with van der Waals surface area (Å²) in [6.45, 7) is 3.38. The van der Waals surface area contributed by atoms with Gasteiger partial charge in [-0.05, 0) is 68.6 Å². The van der Waals surface area contributed by atoms with Crippen molar-refractivity contribution in [2.24, 2.45) is 11.8 Å². The number of pyridine rings is 2. The third-order valence-corrected chi connectivity index (χ3v) is 12.5. The van der Waals surface area contributed by atoms with Gasteiger partial charge in [-0.2, -0.15) is 8.99 Å². The maximum Gasteiger partial charge on any atom is 0.265 e. The van der Waals surface area contributed by atoms with Gasteiger partial charge in [-0.15, -0.1) is 3.97 Å². The summed E-state index contributed by atoms with van der Waals surface area (Å²) < 4.78 is 63.8. The molecule has 9 nitrogen and oxygen atoms in total. The number of para-hydroxylation sites is 1. The average molecular weight is 668 g/mol. The molecule has 2 saturated heterocycles. The van der Waals surface area contributed by atoms with E-state index < -0.39 is 25.5 Å². The Hall–Kier alpha value is -3.51. The summed E-state index contributed by atoms with van der Waals surface area (Å²) in [4.78, 5) is 9.05. The van der Waals surface area contributed by atoms with Crippen LogP contribution in [0.5, 0.6) is 5.75 Å². The Morgan fingerprint density at radius 2 is 1.50 bits per heavy atom. The molecule has 2 unspecified atom stereocenters. The van der Waals surface area contributed by atoms with Crippen molar-refractivity contribution >= 4 is 52.8 Å². The second-order valence-electron chi connectivity index (χ2n) is 12.9. The molecule has 2 aromatic heterocycles. The van der Waals surface area contributed by atoms with Gasteiger partial charge in [0, 0.05) is 83.4 Å². The molecule has 0 saturated carbocycles. The van der Waals surface area contributed by atoms with Crippen molar-refractivity contribution < 1.29 is 21.5 Å². The van der Waals surface area contributed by atoms with Crippen LogP contribution < -0.4 is 18.5 Å². The molecule has 12 heteroatoms. The lowest BCUT2D eigenvalue weighted by molar-refractivity contribution is -0.477. The Morgan fingerprint density at radius 3 is 2.13 bits per heavy atom. The fraction of sp³-hybridized carbons (Fsp3) is 0.471. The molecular weight excluding hydrogens is 624 g/mol. The van der Waals surface area contributed by atoms with Gasteiger partial charge >= 0.3 is 0 Å². The van der Waals surface area contributed by atoms with Gasteiger partial charge in [0.25, 0.3) is 9.92 Å². The summed E-state index contributed by atoms with van der Waals surface area (Å²) in [5, 5.41) is 1.76. The highest BCUT2D eigenvalue weighted by Gasteiger charge is 2.29. The van der Waals surface area contributed by atoms with Crippen LogP contribution in [0.15, 0.2) is 60.9 Å². The SMILES string of the molecule is COc1cc2nccc(N3CCC(CCS(=N)(=O)[n+]4ccc(N5CCC(CCS(C)(=N)=O)CC5)c5ccccc54)CC3)c2cc1F. The normalized spacial score (nSPS) is 19.3. The molecule has 2 N–H and O–H groups in total. The third kappa shape index (κ3) is 7.07. The zero-order valence-corrected chi connectivity index (χ0v) is 28.3. The van der Waals surface area contributed by atoms with Crippen molar-refractivity contribution in [2.75, 3.05) is 60.9 Å². The van der Waals surface area contributed by atoms with Gasteiger partial charge in [0.1, 0.15) is 0 Å². The lowest BCUT2D eigenvalue weighted by Gasteiger charge is -2.34. The lowest BCUT2D eigenvalue weighted by Crippen LogP contribution is -2.45. The van der Waals surface area contributed by atoms with Gasteiger partial charge in [0.2, 0.25) is 5.52 Å². The van der Waals surface area contributed by atoms with Gasteiger partial charge in [0.05, 0.1) is 29.5 Å². The fourth-order valence-corrected chi connectivity index (χ4v) is 9.40. The summed E-state index contributed by atoms with van der Waals surface area (Å²) in [7, 11) is -4.10. The zero-order chi connectivity index (χ0) is 32.5. The number of halogens is 1. The molecule has 2 aromatic carbocycles. The Morgan fingerprint density at radius 1 is 0.891 bits per heavy atom. The van der Waals surface area contributed by atoms with E-state index in [4.69, 9.17) is 14.3 Å². The molecule has 0 aliphatic carbocycles. The second-order valence-corrected chi connectivity index (χ2v) is 17.4. The van der Waals surface area contributed by atoms with Crippen LogP contribution in [-0.4, -0.2) is 64.5 Å². The number of piperidine rings is 2. The molecule has 246 valence electrons. The monoisotopic (exact) mass is 667 g/mol. The Labute approximate surface area is 271 Å². The standard InChI is InChI=1S/C34H44FN6O3S2/c1-44-34-24-30-28(23-29(34)35)31(7-15-38-30)39-16-10-26(11-17-39)14-22-46(37,43)41-20-12-32(27-5-3-4-6-33(27)41)40-18-8-25(9-19-40)13-21-45(2,36)42/h3-7,12,15,20,23-26,36-37H,8-11,13-14,16-19,21-22H2,1-2H3/q+1. The summed E-state index contributed by atoms with van der Waals surface area (Å²) >= 11 is 0. The summed E-state index contributed by atoms with van der Waals surface area (Å²) in [6.07, 6.45) is 10.5. The van der Waals surface area contributed by atoms with Gasteiger partial charge in [-0.3, -0.25) is 14.0 Å². The third-order valence-electron chi connectivity index (χ3n) is 9.72.